The Morgan fingerprint density at radius 3 is 2.79 bits per heavy atom. The van der Waals surface area contributed by atoms with Gasteiger partial charge < -0.3 is 4.90 Å². The third-order valence-electron chi connectivity index (χ3n) is 4.97. The molecule has 0 radical (unpaired) electrons. The topological polar surface area (TPSA) is 44.1 Å². The van der Waals surface area contributed by atoms with E-state index in [1.807, 2.05) is 18.2 Å². The summed E-state index contributed by atoms with van der Waals surface area (Å²) in [5.41, 5.74) is 6.77. The standard InChI is InChI=1S/C21H18N2O/c1-2-14-7-8-16-12-20(24)18(13-22)21(17(16)11-14)23-10-9-15-5-3-4-6-19(15)23/h3-8,11H,2,9-10,12H2,1H3. The van der Waals surface area contributed by atoms with Crippen molar-refractivity contribution in [1.82, 2.24) is 0 Å². The second-order valence-electron chi connectivity index (χ2n) is 6.31. The molecule has 2 aliphatic rings. The van der Waals surface area contributed by atoms with E-state index in [0.29, 0.717) is 12.0 Å². The molecule has 0 bridgehead atoms. The van der Waals surface area contributed by atoms with Crippen LogP contribution in [0.15, 0.2) is 48.0 Å². The average Bonchev–Trinajstić information content (AvgIpc) is 3.04. The van der Waals surface area contributed by atoms with Gasteiger partial charge in [-0.1, -0.05) is 37.3 Å². The Morgan fingerprint density at radius 2 is 2.00 bits per heavy atom. The Bertz CT molecular complexity index is 918. The second kappa shape index (κ2) is 5.65. The molecule has 0 unspecified atom stereocenters. The predicted octanol–water partition coefficient (Wildman–Crippen LogP) is 3.67. The first kappa shape index (κ1) is 14.7. The number of hydrogen-bond acceptors (Lipinski definition) is 3. The lowest BCUT2D eigenvalue weighted by molar-refractivity contribution is -0.114. The Hall–Kier alpha value is -2.86. The molecule has 0 N–H and O–H groups in total. The van der Waals surface area contributed by atoms with E-state index in [1.165, 1.54) is 11.1 Å². The zero-order chi connectivity index (χ0) is 16.7. The summed E-state index contributed by atoms with van der Waals surface area (Å²) in [6.07, 6.45) is 2.20. The molecule has 0 aromatic heterocycles. The normalized spacial score (nSPS) is 16.0. The van der Waals surface area contributed by atoms with Crippen molar-refractivity contribution in [3.8, 4) is 6.07 Å². The van der Waals surface area contributed by atoms with Crippen molar-refractivity contribution in [2.24, 2.45) is 0 Å². The van der Waals surface area contributed by atoms with Gasteiger partial charge in [0.05, 0.1) is 5.70 Å². The van der Waals surface area contributed by atoms with Gasteiger partial charge >= 0.3 is 0 Å². The molecule has 118 valence electrons. The number of benzene rings is 2. The first-order valence-electron chi connectivity index (χ1n) is 8.38. The Kier molecular flexibility index (Phi) is 3.46. The van der Waals surface area contributed by atoms with Crippen LogP contribution in [0.2, 0.25) is 0 Å². The maximum absolute atomic E-state index is 12.5. The van der Waals surface area contributed by atoms with Gasteiger partial charge in [-0.05, 0) is 41.7 Å². The third kappa shape index (κ3) is 2.15. The minimum Gasteiger partial charge on any atom is -0.339 e. The number of para-hydroxylation sites is 1. The monoisotopic (exact) mass is 314 g/mol. The largest absolute Gasteiger partial charge is 0.339 e. The molecule has 3 heteroatoms. The molecule has 2 aromatic carbocycles. The van der Waals surface area contributed by atoms with Crippen molar-refractivity contribution >= 4 is 17.2 Å². The van der Waals surface area contributed by atoms with Crippen LogP contribution in [0, 0.1) is 11.3 Å². The lowest BCUT2D eigenvalue weighted by Crippen LogP contribution is -2.27. The van der Waals surface area contributed by atoms with Crippen LogP contribution in [-0.4, -0.2) is 12.3 Å². The Morgan fingerprint density at radius 1 is 1.17 bits per heavy atom. The molecule has 0 spiro atoms. The number of hydrogen-bond donors (Lipinski definition) is 0. The predicted molar refractivity (Wildman–Crippen MR) is 94.6 cm³/mol. The fourth-order valence-electron chi connectivity index (χ4n) is 3.71. The third-order valence-corrected chi connectivity index (χ3v) is 4.97. The van der Waals surface area contributed by atoms with E-state index in [0.717, 1.165) is 41.9 Å². The number of carbonyl (C=O) groups excluding carboxylic acids is 1. The van der Waals surface area contributed by atoms with Gasteiger partial charge in [0.15, 0.2) is 5.78 Å². The molecule has 0 saturated heterocycles. The van der Waals surface area contributed by atoms with Gasteiger partial charge in [-0.15, -0.1) is 0 Å². The highest BCUT2D eigenvalue weighted by Gasteiger charge is 2.32. The van der Waals surface area contributed by atoms with E-state index >= 15 is 0 Å². The van der Waals surface area contributed by atoms with Crippen LogP contribution >= 0.6 is 0 Å². The number of anilines is 1. The highest BCUT2D eigenvalue weighted by atomic mass is 16.1. The van der Waals surface area contributed by atoms with Crippen LogP contribution < -0.4 is 4.90 Å². The number of carbonyl (C=O) groups is 1. The van der Waals surface area contributed by atoms with Crippen molar-refractivity contribution in [2.45, 2.75) is 26.2 Å². The number of aryl methyl sites for hydroxylation is 1. The van der Waals surface area contributed by atoms with Crippen molar-refractivity contribution < 1.29 is 4.79 Å². The summed E-state index contributed by atoms with van der Waals surface area (Å²) in [4.78, 5) is 14.7. The molecule has 2 aromatic rings. The van der Waals surface area contributed by atoms with Gasteiger partial charge in [0.2, 0.25) is 0 Å². The van der Waals surface area contributed by atoms with Crippen LogP contribution in [0.25, 0.3) is 5.70 Å². The van der Waals surface area contributed by atoms with Crippen LogP contribution in [0.5, 0.6) is 0 Å². The number of Topliss-reactive ketones (excluding diaryl/α,β-unsaturated/α-hetero) is 1. The van der Waals surface area contributed by atoms with Gasteiger partial charge in [0.25, 0.3) is 0 Å². The Labute approximate surface area is 141 Å². The summed E-state index contributed by atoms with van der Waals surface area (Å²) >= 11 is 0. The second-order valence-corrected chi connectivity index (χ2v) is 6.31. The number of fused-ring (bicyclic) bond motifs is 2. The molecule has 0 fully saturated rings. The van der Waals surface area contributed by atoms with Gasteiger partial charge in [0.1, 0.15) is 11.6 Å². The zero-order valence-electron chi connectivity index (χ0n) is 13.7. The van der Waals surface area contributed by atoms with Crippen molar-refractivity contribution in [3.63, 3.8) is 0 Å². The molecule has 1 aliphatic carbocycles. The lowest BCUT2D eigenvalue weighted by Gasteiger charge is -2.29. The quantitative estimate of drug-likeness (QED) is 0.849. The highest BCUT2D eigenvalue weighted by molar-refractivity contribution is 6.12. The van der Waals surface area contributed by atoms with E-state index in [1.54, 1.807) is 0 Å². The first-order chi connectivity index (χ1) is 11.7. The highest BCUT2D eigenvalue weighted by Crippen LogP contribution is 2.39. The van der Waals surface area contributed by atoms with E-state index in [-0.39, 0.29) is 5.78 Å². The maximum Gasteiger partial charge on any atom is 0.179 e. The number of nitriles is 1. The van der Waals surface area contributed by atoms with E-state index in [4.69, 9.17) is 0 Å². The van der Waals surface area contributed by atoms with Crippen molar-refractivity contribution in [1.29, 1.82) is 5.26 Å². The molecule has 1 aliphatic heterocycles. The number of nitrogens with zero attached hydrogens (tertiary/aromatic N) is 2. The average molecular weight is 314 g/mol. The van der Waals surface area contributed by atoms with Gasteiger partial charge in [0, 0.05) is 24.2 Å². The number of allylic oxidation sites excluding steroid dienone is 1. The fourth-order valence-corrected chi connectivity index (χ4v) is 3.71. The SMILES string of the molecule is CCc1ccc2c(c1)C(N1CCc3ccccc31)=C(C#N)C(=O)C2. The first-order valence-corrected chi connectivity index (χ1v) is 8.38. The van der Waals surface area contributed by atoms with Crippen LogP contribution in [0.3, 0.4) is 0 Å². The zero-order valence-corrected chi connectivity index (χ0v) is 13.7. The molecule has 24 heavy (non-hydrogen) atoms. The Balaban J connectivity index is 1.95. The van der Waals surface area contributed by atoms with Crippen LogP contribution in [0.4, 0.5) is 5.69 Å². The van der Waals surface area contributed by atoms with Crippen LogP contribution in [0.1, 0.15) is 29.2 Å². The molecule has 4 rings (SSSR count). The summed E-state index contributed by atoms with van der Waals surface area (Å²) in [6, 6.07) is 16.7. The molecular weight excluding hydrogens is 296 g/mol. The summed E-state index contributed by atoms with van der Waals surface area (Å²) in [5.74, 6) is -0.0753. The van der Waals surface area contributed by atoms with E-state index in [2.05, 4.69) is 42.2 Å². The number of ketones is 1. The summed E-state index contributed by atoms with van der Waals surface area (Å²) in [5, 5.41) is 9.64. The smallest absolute Gasteiger partial charge is 0.179 e. The van der Waals surface area contributed by atoms with Gasteiger partial charge in [-0.2, -0.15) is 5.26 Å². The van der Waals surface area contributed by atoms with Crippen molar-refractivity contribution in [3.05, 3.63) is 70.3 Å². The summed E-state index contributed by atoms with van der Waals surface area (Å²) in [7, 11) is 0. The minimum atomic E-state index is -0.0753. The molecule has 0 saturated carbocycles. The molecule has 0 amide bonds. The van der Waals surface area contributed by atoms with E-state index < -0.39 is 0 Å². The van der Waals surface area contributed by atoms with Gasteiger partial charge in [-0.3, -0.25) is 4.79 Å². The number of rotatable bonds is 2. The lowest BCUT2D eigenvalue weighted by atomic mass is 9.86. The van der Waals surface area contributed by atoms with Crippen LogP contribution in [-0.2, 0) is 24.1 Å². The maximum atomic E-state index is 12.5. The fraction of sp³-hybridized carbons (Fsp3) is 0.238. The van der Waals surface area contributed by atoms with Gasteiger partial charge in [-0.25, -0.2) is 0 Å². The minimum absolute atomic E-state index is 0.0753. The summed E-state index contributed by atoms with van der Waals surface area (Å²) in [6.45, 7) is 2.93. The summed E-state index contributed by atoms with van der Waals surface area (Å²) < 4.78 is 0. The van der Waals surface area contributed by atoms with Crippen molar-refractivity contribution in [2.75, 3.05) is 11.4 Å². The van der Waals surface area contributed by atoms with E-state index in [9.17, 15) is 10.1 Å². The molecule has 1 heterocycles. The molecule has 0 atom stereocenters. The molecular formula is C21H18N2O. The molecule has 3 nitrogen and oxygen atoms in total.